The Kier molecular flexibility index (Phi) is 4.04. The fourth-order valence-corrected chi connectivity index (χ4v) is 2.43. The molecule has 4 nitrogen and oxygen atoms in total. The first-order chi connectivity index (χ1) is 8.76. The Labute approximate surface area is 111 Å². The quantitative estimate of drug-likeness (QED) is 0.898. The number of aryl methyl sites for hydroxylation is 1. The molecule has 0 bridgehead atoms. The molecule has 0 aliphatic rings. The number of ether oxygens (including phenoxy) is 2. The first-order valence-electron chi connectivity index (χ1n) is 5.69. The normalized spacial score (nSPS) is 10.2. The smallest absolute Gasteiger partial charge is 0.124 e. The minimum atomic E-state index is 0.763. The third kappa shape index (κ3) is 2.73. The first kappa shape index (κ1) is 12.7. The van der Waals surface area contributed by atoms with Gasteiger partial charge in [-0.25, -0.2) is 4.98 Å². The average Bonchev–Trinajstić information content (AvgIpc) is 2.85. The molecule has 0 saturated heterocycles. The predicted molar refractivity (Wildman–Crippen MR) is 74.3 cm³/mol. The Morgan fingerprint density at radius 2 is 1.83 bits per heavy atom. The van der Waals surface area contributed by atoms with Crippen molar-refractivity contribution in [2.24, 2.45) is 0 Å². The van der Waals surface area contributed by atoms with E-state index in [9.17, 15) is 0 Å². The maximum absolute atomic E-state index is 5.24. The van der Waals surface area contributed by atoms with Crippen LogP contribution in [0.3, 0.4) is 0 Å². The molecule has 5 heteroatoms. The van der Waals surface area contributed by atoms with Gasteiger partial charge in [-0.15, -0.1) is 11.3 Å². The van der Waals surface area contributed by atoms with E-state index in [0.717, 1.165) is 34.3 Å². The lowest BCUT2D eigenvalue weighted by molar-refractivity contribution is 0.395. The standard InChI is InChI=1S/C13H16N2O2S/c1-4-12-13(18-8-14-12)15-9-5-10(16-2)7-11(6-9)17-3/h5-8,15H,4H2,1-3H3. The molecule has 1 aromatic carbocycles. The number of nitrogens with zero attached hydrogens (tertiary/aromatic N) is 1. The number of benzene rings is 1. The van der Waals surface area contributed by atoms with E-state index in [-0.39, 0.29) is 0 Å². The van der Waals surface area contributed by atoms with Gasteiger partial charge in [0.1, 0.15) is 16.5 Å². The lowest BCUT2D eigenvalue weighted by Crippen LogP contribution is -1.94. The van der Waals surface area contributed by atoms with Crippen molar-refractivity contribution in [3.8, 4) is 11.5 Å². The van der Waals surface area contributed by atoms with Crippen LogP contribution in [0.1, 0.15) is 12.6 Å². The molecule has 2 aromatic rings. The van der Waals surface area contributed by atoms with E-state index >= 15 is 0 Å². The number of methoxy groups -OCH3 is 2. The van der Waals surface area contributed by atoms with Crippen molar-refractivity contribution in [2.75, 3.05) is 19.5 Å². The molecule has 0 radical (unpaired) electrons. The molecule has 0 fully saturated rings. The van der Waals surface area contributed by atoms with Crippen molar-refractivity contribution in [1.82, 2.24) is 4.98 Å². The van der Waals surface area contributed by atoms with E-state index in [1.54, 1.807) is 25.6 Å². The van der Waals surface area contributed by atoms with Crippen LogP contribution in [0.5, 0.6) is 11.5 Å². The summed E-state index contributed by atoms with van der Waals surface area (Å²) >= 11 is 1.59. The van der Waals surface area contributed by atoms with Crippen LogP contribution in [0.25, 0.3) is 0 Å². The molecule has 2 rings (SSSR count). The van der Waals surface area contributed by atoms with Gasteiger partial charge in [0.2, 0.25) is 0 Å². The van der Waals surface area contributed by atoms with E-state index in [2.05, 4.69) is 17.2 Å². The summed E-state index contributed by atoms with van der Waals surface area (Å²) < 4.78 is 10.5. The van der Waals surface area contributed by atoms with Crippen LogP contribution in [0.15, 0.2) is 23.7 Å². The molecule has 0 unspecified atom stereocenters. The highest BCUT2D eigenvalue weighted by atomic mass is 32.1. The monoisotopic (exact) mass is 264 g/mol. The van der Waals surface area contributed by atoms with Gasteiger partial charge < -0.3 is 14.8 Å². The Bertz CT molecular complexity index is 503. The van der Waals surface area contributed by atoms with Gasteiger partial charge >= 0.3 is 0 Å². The number of anilines is 2. The highest BCUT2D eigenvalue weighted by molar-refractivity contribution is 7.14. The van der Waals surface area contributed by atoms with Crippen LogP contribution < -0.4 is 14.8 Å². The van der Waals surface area contributed by atoms with Gasteiger partial charge in [0.25, 0.3) is 0 Å². The summed E-state index contributed by atoms with van der Waals surface area (Å²) in [4.78, 5) is 4.31. The Morgan fingerprint density at radius 1 is 1.17 bits per heavy atom. The molecular weight excluding hydrogens is 248 g/mol. The second-order valence-corrected chi connectivity index (χ2v) is 4.56. The minimum Gasteiger partial charge on any atom is -0.497 e. The van der Waals surface area contributed by atoms with Gasteiger partial charge in [-0.2, -0.15) is 0 Å². The third-order valence-electron chi connectivity index (χ3n) is 2.59. The van der Waals surface area contributed by atoms with Crippen molar-refractivity contribution < 1.29 is 9.47 Å². The Balaban J connectivity index is 2.28. The van der Waals surface area contributed by atoms with Gasteiger partial charge in [-0.1, -0.05) is 6.92 Å². The van der Waals surface area contributed by atoms with Gasteiger partial charge in [-0.05, 0) is 6.42 Å². The summed E-state index contributed by atoms with van der Waals surface area (Å²) in [6, 6.07) is 5.71. The molecule has 18 heavy (non-hydrogen) atoms. The van der Waals surface area contributed by atoms with Crippen LogP contribution in [0.4, 0.5) is 10.7 Å². The molecule has 0 aliphatic carbocycles. The van der Waals surface area contributed by atoms with Crippen molar-refractivity contribution in [2.45, 2.75) is 13.3 Å². The second kappa shape index (κ2) is 5.73. The molecule has 96 valence electrons. The topological polar surface area (TPSA) is 43.4 Å². The summed E-state index contributed by atoms with van der Waals surface area (Å²) in [5.41, 5.74) is 3.85. The lowest BCUT2D eigenvalue weighted by atomic mass is 10.2. The number of rotatable bonds is 5. The van der Waals surface area contributed by atoms with E-state index in [1.165, 1.54) is 0 Å². The van der Waals surface area contributed by atoms with E-state index in [1.807, 2.05) is 23.7 Å². The van der Waals surface area contributed by atoms with Crippen LogP contribution in [-0.2, 0) is 6.42 Å². The molecule has 0 spiro atoms. The van der Waals surface area contributed by atoms with E-state index < -0.39 is 0 Å². The summed E-state index contributed by atoms with van der Waals surface area (Å²) in [7, 11) is 3.28. The number of nitrogens with one attached hydrogen (secondary N) is 1. The SMILES string of the molecule is CCc1ncsc1Nc1cc(OC)cc(OC)c1. The number of thiazole rings is 1. The zero-order valence-electron chi connectivity index (χ0n) is 10.7. The molecular formula is C13H16N2O2S. The zero-order chi connectivity index (χ0) is 13.0. The summed E-state index contributed by atoms with van der Waals surface area (Å²) in [5, 5.41) is 4.41. The molecule has 1 N–H and O–H groups in total. The fraction of sp³-hybridized carbons (Fsp3) is 0.308. The number of hydrogen-bond donors (Lipinski definition) is 1. The first-order valence-corrected chi connectivity index (χ1v) is 6.57. The van der Waals surface area contributed by atoms with Gasteiger partial charge in [0.15, 0.2) is 0 Å². The highest BCUT2D eigenvalue weighted by Gasteiger charge is 2.07. The van der Waals surface area contributed by atoms with Crippen LogP contribution in [0.2, 0.25) is 0 Å². The highest BCUT2D eigenvalue weighted by Crippen LogP contribution is 2.30. The summed E-state index contributed by atoms with van der Waals surface area (Å²) in [6.45, 7) is 2.09. The molecule has 1 aromatic heterocycles. The average molecular weight is 264 g/mol. The number of hydrogen-bond acceptors (Lipinski definition) is 5. The maximum Gasteiger partial charge on any atom is 0.124 e. The van der Waals surface area contributed by atoms with Crippen LogP contribution in [0, 0.1) is 0 Å². The predicted octanol–water partition coefficient (Wildman–Crippen LogP) is 3.47. The largest absolute Gasteiger partial charge is 0.497 e. The van der Waals surface area contributed by atoms with Crippen molar-refractivity contribution in [3.63, 3.8) is 0 Å². The molecule has 0 atom stereocenters. The fourth-order valence-electron chi connectivity index (χ4n) is 1.63. The zero-order valence-corrected chi connectivity index (χ0v) is 11.5. The Hall–Kier alpha value is -1.75. The van der Waals surface area contributed by atoms with Gasteiger partial charge in [0, 0.05) is 23.9 Å². The molecule has 1 heterocycles. The maximum atomic E-state index is 5.24. The second-order valence-electron chi connectivity index (χ2n) is 3.71. The van der Waals surface area contributed by atoms with Crippen LogP contribution in [-0.4, -0.2) is 19.2 Å². The summed E-state index contributed by atoms with van der Waals surface area (Å²) in [6.07, 6.45) is 0.910. The van der Waals surface area contributed by atoms with Gasteiger partial charge in [-0.3, -0.25) is 0 Å². The van der Waals surface area contributed by atoms with E-state index in [0.29, 0.717) is 0 Å². The molecule has 0 aliphatic heterocycles. The van der Waals surface area contributed by atoms with Crippen LogP contribution >= 0.6 is 11.3 Å². The third-order valence-corrected chi connectivity index (χ3v) is 3.37. The summed E-state index contributed by atoms with van der Waals surface area (Å²) in [5.74, 6) is 1.53. The number of aromatic nitrogens is 1. The Morgan fingerprint density at radius 3 is 2.39 bits per heavy atom. The van der Waals surface area contributed by atoms with E-state index in [4.69, 9.17) is 9.47 Å². The van der Waals surface area contributed by atoms with Crippen molar-refractivity contribution >= 4 is 22.0 Å². The van der Waals surface area contributed by atoms with Crippen molar-refractivity contribution in [1.29, 1.82) is 0 Å². The van der Waals surface area contributed by atoms with Crippen molar-refractivity contribution in [3.05, 3.63) is 29.4 Å². The molecule has 0 amide bonds. The van der Waals surface area contributed by atoms with Gasteiger partial charge in [0.05, 0.1) is 25.4 Å². The molecule has 0 saturated carbocycles. The lowest BCUT2D eigenvalue weighted by Gasteiger charge is -2.10. The minimum absolute atomic E-state index is 0.763.